The van der Waals surface area contributed by atoms with Gasteiger partial charge in [0, 0.05) is 19.7 Å². The van der Waals surface area contributed by atoms with Crippen LogP contribution in [-0.4, -0.2) is 40.6 Å². The Morgan fingerprint density at radius 1 is 1.52 bits per heavy atom. The second kappa shape index (κ2) is 6.59. The van der Waals surface area contributed by atoms with Crippen molar-refractivity contribution in [3.63, 3.8) is 0 Å². The summed E-state index contributed by atoms with van der Waals surface area (Å²) < 4.78 is 38.2. The summed E-state index contributed by atoms with van der Waals surface area (Å²) in [6.45, 7) is 1.55. The number of hydrogen-bond donors (Lipinski definition) is 1. The first-order valence-corrected chi connectivity index (χ1v) is 6.24. The van der Waals surface area contributed by atoms with E-state index >= 15 is 0 Å². The molecule has 21 heavy (non-hydrogen) atoms. The van der Waals surface area contributed by atoms with Crippen LogP contribution in [0.4, 0.5) is 18.9 Å². The van der Waals surface area contributed by atoms with Gasteiger partial charge in [-0.1, -0.05) is 6.92 Å². The van der Waals surface area contributed by atoms with Gasteiger partial charge in [0.05, 0.1) is 18.4 Å². The lowest BCUT2D eigenvalue weighted by molar-refractivity contribution is -0.196. The van der Waals surface area contributed by atoms with Gasteiger partial charge < -0.3 is 10.0 Å². The summed E-state index contributed by atoms with van der Waals surface area (Å²) in [5.74, 6) is -4.70. The Bertz CT molecular complexity index is 557. The highest BCUT2D eigenvalue weighted by Gasteiger charge is 2.45. The van der Waals surface area contributed by atoms with Crippen molar-refractivity contribution < 1.29 is 23.1 Å². The minimum Gasteiger partial charge on any atom is -0.481 e. The maximum absolute atomic E-state index is 12.6. The molecule has 0 aliphatic rings. The summed E-state index contributed by atoms with van der Waals surface area (Å²) >= 11 is 0. The van der Waals surface area contributed by atoms with Gasteiger partial charge in [0.1, 0.15) is 0 Å². The highest BCUT2D eigenvalue weighted by molar-refractivity contribution is 5.70. The number of anilines is 1. The van der Waals surface area contributed by atoms with Crippen molar-refractivity contribution in [1.82, 2.24) is 9.78 Å². The zero-order chi connectivity index (χ0) is 16.2. The van der Waals surface area contributed by atoms with Gasteiger partial charge in [-0.3, -0.25) is 9.59 Å². The fraction of sp³-hybridized carbons (Fsp3) is 0.583. The van der Waals surface area contributed by atoms with Crippen molar-refractivity contribution in [3.05, 3.63) is 22.6 Å². The first-order valence-electron chi connectivity index (χ1n) is 6.24. The highest BCUT2D eigenvalue weighted by Crippen LogP contribution is 2.27. The molecule has 0 aliphatic carbocycles. The number of carbonyl (C=O) groups is 1. The number of hydrogen-bond acceptors (Lipinski definition) is 4. The molecule has 1 atom stereocenters. The maximum Gasteiger partial charge on any atom is 0.404 e. The summed E-state index contributed by atoms with van der Waals surface area (Å²) in [5, 5.41) is 12.2. The van der Waals surface area contributed by atoms with Crippen molar-refractivity contribution in [3.8, 4) is 0 Å². The SMILES string of the molecule is CCCN(C)c1cnn(CC(C(=O)O)C(F)(F)F)c(=O)c1. The van der Waals surface area contributed by atoms with Crippen molar-refractivity contribution in [2.45, 2.75) is 26.1 Å². The van der Waals surface area contributed by atoms with Gasteiger partial charge in [0.15, 0.2) is 5.92 Å². The molecule has 6 nitrogen and oxygen atoms in total. The monoisotopic (exact) mass is 307 g/mol. The second-order valence-electron chi connectivity index (χ2n) is 4.59. The zero-order valence-electron chi connectivity index (χ0n) is 11.6. The zero-order valence-corrected chi connectivity index (χ0v) is 11.6. The normalized spacial score (nSPS) is 13.0. The minimum absolute atomic E-state index is 0.469. The lowest BCUT2D eigenvalue weighted by Crippen LogP contribution is -2.38. The lowest BCUT2D eigenvalue weighted by Gasteiger charge is -2.19. The molecule has 0 bridgehead atoms. The van der Waals surface area contributed by atoms with Crippen LogP contribution in [0.2, 0.25) is 0 Å². The van der Waals surface area contributed by atoms with E-state index in [0.29, 0.717) is 16.9 Å². The van der Waals surface area contributed by atoms with E-state index < -0.39 is 30.2 Å². The smallest absolute Gasteiger partial charge is 0.404 e. The second-order valence-corrected chi connectivity index (χ2v) is 4.59. The summed E-state index contributed by atoms with van der Waals surface area (Å²) in [6, 6.07) is 1.14. The van der Waals surface area contributed by atoms with Crippen molar-refractivity contribution in [2.24, 2.45) is 5.92 Å². The Morgan fingerprint density at radius 2 is 2.14 bits per heavy atom. The molecule has 1 aromatic rings. The molecule has 0 aliphatic heterocycles. The molecule has 0 saturated carbocycles. The summed E-state index contributed by atoms with van der Waals surface area (Å²) in [5.41, 5.74) is -0.303. The topological polar surface area (TPSA) is 75.4 Å². The molecule has 0 radical (unpaired) electrons. The van der Waals surface area contributed by atoms with Crippen LogP contribution in [0.3, 0.4) is 0 Å². The van der Waals surface area contributed by atoms with E-state index in [0.717, 1.165) is 12.5 Å². The third-order valence-corrected chi connectivity index (χ3v) is 2.90. The molecule has 118 valence electrons. The average Bonchev–Trinajstić information content (AvgIpc) is 2.35. The number of aromatic nitrogens is 2. The molecule has 0 fully saturated rings. The third-order valence-electron chi connectivity index (χ3n) is 2.90. The number of halogens is 3. The lowest BCUT2D eigenvalue weighted by atomic mass is 10.1. The van der Waals surface area contributed by atoms with Crippen LogP contribution in [0.1, 0.15) is 13.3 Å². The van der Waals surface area contributed by atoms with E-state index in [9.17, 15) is 22.8 Å². The molecule has 9 heteroatoms. The quantitative estimate of drug-likeness (QED) is 0.858. The van der Waals surface area contributed by atoms with Gasteiger partial charge >= 0.3 is 12.1 Å². The van der Waals surface area contributed by atoms with Crippen LogP contribution in [0, 0.1) is 5.92 Å². The molecular weight excluding hydrogens is 291 g/mol. The van der Waals surface area contributed by atoms with Crippen LogP contribution in [0.5, 0.6) is 0 Å². The maximum atomic E-state index is 12.6. The molecule has 1 N–H and O–H groups in total. The molecule has 0 saturated heterocycles. The Labute approximate surface area is 118 Å². The number of carboxylic acids is 1. The van der Waals surface area contributed by atoms with Gasteiger partial charge in [-0.05, 0) is 6.42 Å². The van der Waals surface area contributed by atoms with Crippen LogP contribution in [-0.2, 0) is 11.3 Å². The third kappa shape index (κ3) is 4.47. The summed E-state index contributed by atoms with van der Waals surface area (Å²) in [4.78, 5) is 24.1. The van der Waals surface area contributed by atoms with E-state index in [2.05, 4.69) is 5.10 Å². The van der Waals surface area contributed by atoms with E-state index in [4.69, 9.17) is 5.11 Å². The first kappa shape index (κ1) is 17.0. The van der Waals surface area contributed by atoms with E-state index in [-0.39, 0.29) is 0 Å². The van der Waals surface area contributed by atoms with Gasteiger partial charge in [-0.25, -0.2) is 4.68 Å². The van der Waals surface area contributed by atoms with Crippen molar-refractivity contribution in [1.29, 1.82) is 0 Å². The molecular formula is C12H16F3N3O3. The fourth-order valence-electron chi connectivity index (χ4n) is 1.73. The molecule has 1 aromatic heterocycles. The van der Waals surface area contributed by atoms with Gasteiger partial charge in [0.2, 0.25) is 0 Å². The number of carboxylic acid groups (broad SMARTS) is 1. The Kier molecular flexibility index (Phi) is 5.34. The molecule has 1 rings (SSSR count). The van der Waals surface area contributed by atoms with Gasteiger partial charge in [-0.2, -0.15) is 18.3 Å². The number of nitrogens with zero attached hydrogens (tertiary/aromatic N) is 3. The number of aliphatic carboxylic acids is 1. The Balaban J connectivity index is 3.00. The average molecular weight is 307 g/mol. The van der Waals surface area contributed by atoms with Crippen molar-refractivity contribution in [2.75, 3.05) is 18.5 Å². The van der Waals surface area contributed by atoms with Crippen LogP contribution in [0.25, 0.3) is 0 Å². The summed E-state index contributed by atoms with van der Waals surface area (Å²) in [7, 11) is 1.72. The van der Waals surface area contributed by atoms with Gasteiger partial charge in [0.25, 0.3) is 5.56 Å². The predicted molar refractivity (Wildman–Crippen MR) is 69.2 cm³/mol. The van der Waals surface area contributed by atoms with E-state index in [1.165, 1.54) is 6.20 Å². The Morgan fingerprint density at radius 3 is 2.57 bits per heavy atom. The molecule has 0 amide bonds. The fourth-order valence-corrected chi connectivity index (χ4v) is 1.73. The molecule has 0 aromatic carbocycles. The Hall–Kier alpha value is -2.06. The minimum atomic E-state index is -4.94. The van der Waals surface area contributed by atoms with Crippen LogP contribution in [0.15, 0.2) is 17.1 Å². The first-order chi connectivity index (χ1) is 9.66. The van der Waals surface area contributed by atoms with E-state index in [1.807, 2.05) is 6.92 Å². The standard InChI is InChI=1S/C12H16F3N3O3/c1-3-4-17(2)8-5-10(19)18(16-6-8)7-9(11(20)21)12(13,14)15/h5-6,9H,3-4,7H2,1-2H3,(H,20,21). The van der Waals surface area contributed by atoms with E-state index in [1.54, 1.807) is 11.9 Å². The molecule has 0 spiro atoms. The summed E-state index contributed by atoms with van der Waals surface area (Å²) in [6.07, 6.45) is -2.87. The van der Waals surface area contributed by atoms with Crippen LogP contribution >= 0.6 is 0 Å². The number of rotatable bonds is 6. The van der Waals surface area contributed by atoms with Gasteiger partial charge in [-0.15, -0.1) is 0 Å². The largest absolute Gasteiger partial charge is 0.481 e. The van der Waals surface area contributed by atoms with Crippen molar-refractivity contribution >= 4 is 11.7 Å². The molecule has 1 heterocycles. The number of alkyl halides is 3. The highest BCUT2D eigenvalue weighted by atomic mass is 19.4. The predicted octanol–water partition coefficient (Wildman–Crippen LogP) is 1.35. The van der Waals surface area contributed by atoms with Crippen LogP contribution < -0.4 is 10.5 Å². The molecule has 1 unspecified atom stereocenters.